The summed E-state index contributed by atoms with van der Waals surface area (Å²) in [7, 11) is 0. The van der Waals surface area contributed by atoms with Crippen LogP contribution in [0.15, 0.2) is 72.8 Å². The summed E-state index contributed by atoms with van der Waals surface area (Å²) >= 11 is 12.3. The lowest BCUT2D eigenvalue weighted by molar-refractivity contribution is -0.384. The van der Waals surface area contributed by atoms with Crippen molar-refractivity contribution >= 4 is 40.5 Å². The zero-order valence-electron chi connectivity index (χ0n) is 19.4. The molecule has 5 rings (SSSR count). The average Bonchev–Trinajstić information content (AvgIpc) is 3.30. The fraction of sp³-hybridized carbons (Fsp3) is 0.296. The van der Waals surface area contributed by atoms with Crippen LogP contribution in [0.3, 0.4) is 0 Å². The van der Waals surface area contributed by atoms with Gasteiger partial charge in [0.2, 0.25) is 5.91 Å². The number of piperidine rings is 1. The molecule has 7 nitrogen and oxygen atoms in total. The number of carbonyl (C=O) groups excluding carboxylic acids is 1. The molecule has 0 unspecified atom stereocenters. The lowest BCUT2D eigenvalue weighted by Crippen LogP contribution is -2.42. The SMILES string of the molecule is O=C([C@@H]1[C@@H](c2ccc(Cl)cc2)ON(c2ccc(Cl)cc2)[C@H]1c1ccc([N+](=O)[O-])cc1)N1CCCCC1. The van der Waals surface area contributed by atoms with Crippen molar-refractivity contribution in [3.63, 3.8) is 0 Å². The van der Waals surface area contributed by atoms with Crippen molar-refractivity contribution in [2.24, 2.45) is 5.92 Å². The highest BCUT2D eigenvalue weighted by Gasteiger charge is 2.50. The Morgan fingerprint density at radius 1 is 0.833 bits per heavy atom. The van der Waals surface area contributed by atoms with Crippen LogP contribution in [0.4, 0.5) is 11.4 Å². The molecule has 0 bridgehead atoms. The van der Waals surface area contributed by atoms with Gasteiger partial charge in [0.1, 0.15) is 6.10 Å². The van der Waals surface area contributed by atoms with E-state index in [0.29, 0.717) is 23.1 Å². The molecular weight excluding hydrogens is 501 g/mol. The molecule has 0 radical (unpaired) electrons. The normalized spacial score (nSPS) is 22.0. The molecule has 2 aliphatic heterocycles. The van der Waals surface area contributed by atoms with Crippen LogP contribution in [0.1, 0.15) is 42.5 Å². The van der Waals surface area contributed by atoms with E-state index in [0.717, 1.165) is 36.1 Å². The Bertz CT molecular complexity index is 1230. The summed E-state index contributed by atoms with van der Waals surface area (Å²) in [5.74, 6) is -0.573. The topological polar surface area (TPSA) is 75.9 Å². The predicted octanol–water partition coefficient (Wildman–Crippen LogP) is 6.76. The third-order valence-corrected chi connectivity index (χ3v) is 7.33. The maximum absolute atomic E-state index is 14.1. The Morgan fingerprint density at radius 3 is 1.97 bits per heavy atom. The van der Waals surface area contributed by atoms with Crippen LogP contribution in [0.2, 0.25) is 10.0 Å². The fourth-order valence-corrected chi connectivity index (χ4v) is 5.27. The van der Waals surface area contributed by atoms with Crippen LogP contribution in [0.25, 0.3) is 0 Å². The van der Waals surface area contributed by atoms with E-state index in [2.05, 4.69) is 0 Å². The molecular formula is C27H25Cl2N3O4. The third kappa shape index (κ3) is 4.91. The number of benzene rings is 3. The highest BCUT2D eigenvalue weighted by atomic mass is 35.5. The van der Waals surface area contributed by atoms with Gasteiger partial charge in [0.05, 0.1) is 22.6 Å². The number of nitrogens with zero attached hydrogens (tertiary/aromatic N) is 3. The molecule has 1 amide bonds. The number of rotatable bonds is 5. The molecule has 2 saturated heterocycles. The first kappa shape index (κ1) is 24.6. The molecule has 3 aromatic rings. The van der Waals surface area contributed by atoms with E-state index < -0.39 is 23.0 Å². The molecule has 2 aliphatic rings. The van der Waals surface area contributed by atoms with Crippen LogP contribution in [0, 0.1) is 16.0 Å². The maximum atomic E-state index is 14.1. The van der Waals surface area contributed by atoms with Gasteiger partial charge in [0, 0.05) is 35.3 Å². The van der Waals surface area contributed by atoms with Crippen LogP contribution in [-0.4, -0.2) is 28.8 Å². The number of halogens is 2. The molecule has 36 heavy (non-hydrogen) atoms. The smallest absolute Gasteiger partial charge is 0.269 e. The van der Waals surface area contributed by atoms with Gasteiger partial charge in [-0.3, -0.25) is 19.7 Å². The number of nitro benzene ring substituents is 1. The van der Waals surface area contributed by atoms with Crippen molar-refractivity contribution in [3.8, 4) is 0 Å². The number of hydrogen-bond donors (Lipinski definition) is 0. The molecule has 2 fully saturated rings. The first-order valence-corrected chi connectivity index (χ1v) is 12.7. The Morgan fingerprint density at radius 2 is 1.39 bits per heavy atom. The minimum Gasteiger partial charge on any atom is -0.342 e. The predicted molar refractivity (Wildman–Crippen MR) is 139 cm³/mol. The molecule has 9 heteroatoms. The highest BCUT2D eigenvalue weighted by Crippen LogP contribution is 2.50. The van der Waals surface area contributed by atoms with Gasteiger partial charge in [-0.2, -0.15) is 0 Å². The zero-order chi connectivity index (χ0) is 25.2. The highest BCUT2D eigenvalue weighted by molar-refractivity contribution is 6.30. The third-order valence-electron chi connectivity index (χ3n) is 6.82. The van der Waals surface area contributed by atoms with Crippen molar-refractivity contribution in [2.45, 2.75) is 31.4 Å². The molecule has 0 aliphatic carbocycles. The fourth-order valence-electron chi connectivity index (χ4n) is 5.02. The number of hydrogen-bond acceptors (Lipinski definition) is 5. The molecule has 0 N–H and O–H groups in total. The van der Waals surface area contributed by atoms with Crippen LogP contribution in [0.5, 0.6) is 0 Å². The van der Waals surface area contributed by atoms with E-state index in [9.17, 15) is 14.9 Å². The van der Waals surface area contributed by atoms with Gasteiger partial charge in [-0.25, -0.2) is 5.06 Å². The van der Waals surface area contributed by atoms with Gasteiger partial charge in [0.15, 0.2) is 0 Å². The Hall–Kier alpha value is -3.13. The number of carbonyl (C=O) groups is 1. The number of anilines is 1. The quantitative estimate of drug-likeness (QED) is 0.271. The summed E-state index contributed by atoms with van der Waals surface area (Å²) in [4.78, 5) is 33.4. The van der Waals surface area contributed by atoms with Crippen LogP contribution < -0.4 is 5.06 Å². The summed E-state index contributed by atoms with van der Waals surface area (Å²) in [6.45, 7) is 1.41. The number of non-ortho nitro benzene ring substituents is 1. The molecule has 0 saturated carbocycles. The minimum atomic E-state index is -0.582. The molecule has 3 aromatic carbocycles. The number of hydroxylamine groups is 1. The Kier molecular flexibility index (Phi) is 7.14. The van der Waals surface area contributed by atoms with E-state index in [1.54, 1.807) is 41.5 Å². The van der Waals surface area contributed by atoms with E-state index in [1.165, 1.54) is 12.1 Å². The summed E-state index contributed by atoms with van der Waals surface area (Å²) in [5, 5.41) is 14.2. The van der Waals surface area contributed by atoms with E-state index in [4.69, 9.17) is 28.0 Å². The molecule has 2 heterocycles. The Balaban J connectivity index is 1.63. The second-order valence-corrected chi connectivity index (χ2v) is 9.96. The van der Waals surface area contributed by atoms with E-state index >= 15 is 0 Å². The average molecular weight is 526 g/mol. The summed E-state index contributed by atoms with van der Waals surface area (Å²) in [5.41, 5.74) is 2.31. The van der Waals surface area contributed by atoms with Crippen molar-refractivity contribution < 1.29 is 14.6 Å². The van der Waals surface area contributed by atoms with Gasteiger partial charge in [0.25, 0.3) is 5.69 Å². The second kappa shape index (κ2) is 10.5. The zero-order valence-corrected chi connectivity index (χ0v) is 20.9. The van der Waals surface area contributed by atoms with Gasteiger partial charge in [-0.1, -0.05) is 47.5 Å². The number of amides is 1. The van der Waals surface area contributed by atoms with Crippen molar-refractivity contribution in [1.29, 1.82) is 0 Å². The van der Waals surface area contributed by atoms with Crippen molar-refractivity contribution in [1.82, 2.24) is 4.90 Å². The largest absolute Gasteiger partial charge is 0.342 e. The number of likely N-dealkylation sites (tertiary alicyclic amines) is 1. The lowest BCUT2D eigenvalue weighted by atomic mass is 9.84. The van der Waals surface area contributed by atoms with Crippen LogP contribution in [-0.2, 0) is 9.63 Å². The van der Waals surface area contributed by atoms with E-state index in [-0.39, 0.29) is 11.6 Å². The van der Waals surface area contributed by atoms with Crippen molar-refractivity contribution in [2.75, 3.05) is 18.2 Å². The molecule has 186 valence electrons. The van der Waals surface area contributed by atoms with Gasteiger partial charge < -0.3 is 4.90 Å². The van der Waals surface area contributed by atoms with E-state index in [1.807, 2.05) is 29.2 Å². The molecule has 0 aromatic heterocycles. The molecule has 3 atom stereocenters. The van der Waals surface area contributed by atoms with Crippen LogP contribution >= 0.6 is 23.2 Å². The van der Waals surface area contributed by atoms with Crippen molar-refractivity contribution in [3.05, 3.63) is 104 Å². The summed E-state index contributed by atoms with van der Waals surface area (Å²) < 4.78 is 0. The maximum Gasteiger partial charge on any atom is 0.269 e. The first-order chi connectivity index (χ1) is 17.4. The Labute approximate surface area is 219 Å². The minimum absolute atomic E-state index is 0.00877. The monoisotopic (exact) mass is 525 g/mol. The van der Waals surface area contributed by atoms with Gasteiger partial charge in [-0.15, -0.1) is 0 Å². The summed E-state index contributed by atoms with van der Waals surface area (Å²) in [6, 6.07) is 20.4. The number of nitro groups is 1. The lowest BCUT2D eigenvalue weighted by Gasteiger charge is -2.33. The standard InChI is InChI=1S/C27H25Cl2N3O4/c28-20-8-4-19(5-9-20)26-24(27(33)30-16-2-1-3-17-30)25(18-6-12-23(13-7-18)32(34)35)31(36-26)22-14-10-21(29)11-15-22/h4-15,24-26H,1-3,16-17H2/t24-,25-,26+/m0/s1. The second-order valence-electron chi connectivity index (χ2n) is 9.08. The first-order valence-electron chi connectivity index (χ1n) is 11.9. The molecule has 0 spiro atoms. The van der Waals surface area contributed by atoms with Gasteiger partial charge in [-0.05, 0) is 66.8 Å². The van der Waals surface area contributed by atoms with Gasteiger partial charge >= 0.3 is 0 Å². The summed E-state index contributed by atoms with van der Waals surface area (Å²) in [6.07, 6.45) is 2.46.